The minimum atomic E-state index is -0.598. The molecule has 0 saturated heterocycles. The lowest BCUT2D eigenvalue weighted by atomic mass is 10.1. The molecule has 0 aliphatic rings. The predicted octanol–water partition coefficient (Wildman–Crippen LogP) is 2.76. The van der Waals surface area contributed by atoms with Gasteiger partial charge in [0.2, 0.25) is 5.24 Å². The minimum Gasteiger partial charge on any atom is -0.276 e. The van der Waals surface area contributed by atoms with Crippen molar-refractivity contribution < 1.29 is 9.72 Å². The van der Waals surface area contributed by atoms with Gasteiger partial charge in [0.05, 0.1) is 4.92 Å². The third kappa shape index (κ3) is 3.18. The second-order valence-electron chi connectivity index (χ2n) is 2.94. The van der Waals surface area contributed by atoms with Crippen molar-refractivity contribution >= 4 is 28.1 Å². The first-order valence-corrected chi connectivity index (χ1v) is 4.51. The normalized spacial score (nSPS) is 11.2. The molecule has 78 valence electrons. The zero-order valence-corrected chi connectivity index (χ0v) is 8.69. The average Bonchev–Trinajstić information content (AvgIpc) is 2.17. The molecule has 0 spiro atoms. The molecule has 0 unspecified atom stereocenters. The van der Waals surface area contributed by atoms with Crippen LogP contribution in [0.1, 0.15) is 12.5 Å². The summed E-state index contributed by atoms with van der Waals surface area (Å²) in [4.78, 5) is 20.6. The number of hydrogen-bond donors (Lipinski definition) is 0. The maximum absolute atomic E-state index is 10.6. The molecule has 0 aliphatic carbocycles. The summed E-state index contributed by atoms with van der Waals surface area (Å²) >= 11 is 5.18. The van der Waals surface area contributed by atoms with Gasteiger partial charge in [-0.2, -0.15) is 0 Å². The van der Waals surface area contributed by atoms with E-state index < -0.39 is 10.2 Å². The standard InChI is InChI=1S/C10H8ClNO3/c1-7(5-10(11)13)8-3-2-4-9(6-8)12(14)15/h2-6H,1H3/b7-5+. The number of halogens is 1. The van der Waals surface area contributed by atoms with Crippen LogP contribution in [0, 0.1) is 10.1 Å². The number of nitrogens with zero attached hydrogens (tertiary/aromatic N) is 1. The number of nitro benzene ring substituents is 1. The predicted molar refractivity (Wildman–Crippen MR) is 57.6 cm³/mol. The monoisotopic (exact) mass is 225 g/mol. The quantitative estimate of drug-likeness (QED) is 0.344. The summed E-state index contributed by atoms with van der Waals surface area (Å²) in [6.07, 6.45) is 1.22. The smallest absolute Gasteiger partial charge is 0.270 e. The van der Waals surface area contributed by atoms with E-state index in [1.807, 2.05) is 0 Å². The Morgan fingerprint density at radius 2 is 2.20 bits per heavy atom. The van der Waals surface area contributed by atoms with E-state index in [-0.39, 0.29) is 5.69 Å². The first kappa shape index (κ1) is 11.4. The van der Waals surface area contributed by atoms with Crippen molar-refractivity contribution in [1.29, 1.82) is 0 Å². The molecular weight excluding hydrogens is 218 g/mol. The van der Waals surface area contributed by atoms with E-state index in [9.17, 15) is 14.9 Å². The number of carbonyl (C=O) groups excluding carboxylic acids is 1. The van der Waals surface area contributed by atoms with Gasteiger partial charge in [0.15, 0.2) is 0 Å². The van der Waals surface area contributed by atoms with E-state index in [1.54, 1.807) is 19.1 Å². The van der Waals surface area contributed by atoms with Gasteiger partial charge in [0.1, 0.15) is 0 Å². The Kier molecular flexibility index (Phi) is 3.57. The minimum absolute atomic E-state index is 0.0118. The summed E-state index contributed by atoms with van der Waals surface area (Å²) in [7, 11) is 0. The van der Waals surface area contributed by atoms with Gasteiger partial charge in [-0.3, -0.25) is 14.9 Å². The van der Waals surface area contributed by atoms with Gasteiger partial charge < -0.3 is 0 Å². The Hall–Kier alpha value is -1.68. The molecule has 1 rings (SSSR count). The van der Waals surface area contributed by atoms with Crippen molar-refractivity contribution in [1.82, 2.24) is 0 Å². The molecule has 15 heavy (non-hydrogen) atoms. The van der Waals surface area contributed by atoms with Gasteiger partial charge >= 0.3 is 0 Å². The third-order valence-corrected chi connectivity index (χ3v) is 1.95. The number of rotatable bonds is 3. The zero-order chi connectivity index (χ0) is 11.4. The largest absolute Gasteiger partial charge is 0.276 e. The number of benzene rings is 1. The van der Waals surface area contributed by atoms with Crippen LogP contribution in [-0.4, -0.2) is 10.2 Å². The third-order valence-electron chi connectivity index (χ3n) is 1.84. The topological polar surface area (TPSA) is 60.2 Å². The molecule has 5 heteroatoms. The number of nitro groups is 1. The van der Waals surface area contributed by atoms with Crippen LogP contribution < -0.4 is 0 Å². The number of hydrogen-bond acceptors (Lipinski definition) is 3. The summed E-state index contributed by atoms with van der Waals surface area (Å²) in [5.41, 5.74) is 1.19. The summed E-state index contributed by atoms with van der Waals surface area (Å²) in [6.45, 7) is 1.67. The highest BCUT2D eigenvalue weighted by Gasteiger charge is 2.06. The second kappa shape index (κ2) is 4.70. The van der Waals surface area contributed by atoms with Crippen LogP contribution >= 0.6 is 11.6 Å². The van der Waals surface area contributed by atoms with E-state index in [1.165, 1.54) is 18.2 Å². The average molecular weight is 226 g/mol. The van der Waals surface area contributed by atoms with Crippen LogP contribution in [0.15, 0.2) is 30.3 Å². The highest BCUT2D eigenvalue weighted by atomic mass is 35.5. The lowest BCUT2D eigenvalue weighted by Gasteiger charge is -1.99. The van der Waals surface area contributed by atoms with E-state index in [2.05, 4.69) is 0 Å². The van der Waals surface area contributed by atoms with Crippen LogP contribution in [0.5, 0.6) is 0 Å². The Labute approximate surface area is 91.3 Å². The summed E-state index contributed by atoms with van der Waals surface area (Å²) in [5.74, 6) is 0. The SMILES string of the molecule is C/C(=C\C(=O)Cl)c1cccc([N+](=O)[O-])c1. The van der Waals surface area contributed by atoms with Crippen molar-refractivity contribution in [3.8, 4) is 0 Å². The van der Waals surface area contributed by atoms with Gasteiger partial charge in [-0.15, -0.1) is 0 Å². The maximum atomic E-state index is 10.6. The van der Waals surface area contributed by atoms with Gasteiger partial charge in [-0.1, -0.05) is 12.1 Å². The van der Waals surface area contributed by atoms with Gasteiger partial charge in [-0.25, -0.2) is 0 Å². The maximum Gasteiger partial charge on any atom is 0.270 e. The van der Waals surface area contributed by atoms with Crippen molar-refractivity contribution in [2.45, 2.75) is 6.92 Å². The van der Waals surface area contributed by atoms with E-state index in [0.717, 1.165) is 0 Å². The fourth-order valence-corrected chi connectivity index (χ4v) is 1.28. The van der Waals surface area contributed by atoms with Crippen LogP contribution in [0.4, 0.5) is 5.69 Å². The molecule has 0 heterocycles. The second-order valence-corrected chi connectivity index (χ2v) is 3.31. The van der Waals surface area contributed by atoms with E-state index in [0.29, 0.717) is 11.1 Å². The van der Waals surface area contributed by atoms with Crippen LogP contribution in [0.25, 0.3) is 5.57 Å². The van der Waals surface area contributed by atoms with Crippen LogP contribution in [-0.2, 0) is 4.79 Å². The molecule has 4 nitrogen and oxygen atoms in total. The molecule has 0 fully saturated rings. The van der Waals surface area contributed by atoms with E-state index >= 15 is 0 Å². The molecule has 0 aliphatic heterocycles. The molecule has 0 bridgehead atoms. The Morgan fingerprint density at radius 3 is 2.73 bits per heavy atom. The van der Waals surface area contributed by atoms with Gasteiger partial charge in [-0.05, 0) is 29.7 Å². The first-order chi connectivity index (χ1) is 7.00. The van der Waals surface area contributed by atoms with Crippen molar-refractivity contribution in [2.75, 3.05) is 0 Å². The highest BCUT2D eigenvalue weighted by Crippen LogP contribution is 2.19. The number of allylic oxidation sites excluding steroid dienone is 2. The fraction of sp³-hybridized carbons (Fsp3) is 0.100. The molecular formula is C10H8ClNO3. The lowest BCUT2D eigenvalue weighted by Crippen LogP contribution is -1.90. The molecule has 0 N–H and O–H groups in total. The molecule has 0 aromatic heterocycles. The van der Waals surface area contributed by atoms with Crippen molar-refractivity contribution in [3.63, 3.8) is 0 Å². The summed E-state index contributed by atoms with van der Waals surface area (Å²) < 4.78 is 0. The Balaban J connectivity index is 3.11. The van der Waals surface area contributed by atoms with Crippen molar-refractivity contribution in [3.05, 3.63) is 46.0 Å². The summed E-state index contributed by atoms with van der Waals surface area (Å²) in [5, 5.41) is 9.89. The van der Waals surface area contributed by atoms with Gasteiger partial charge in [0.25, 0.3) is 5.69 Å². The summed E-state index contributed by atoms with van der Waals surface area (Å²) in [6, 6.07) is 6.02. The van der Waals surface area contributed by atoms with E-state index in [4.69, 9.17) is 11.6 Å². The fourth-order valence-electron chi connectivity index (χ4n) is 1.12. The highest BCUT2D eigenvalue weighted by molar-refractivity contribution is 6.67. The van der Waals surface area contributed by atoms with Crippen LogP contribution in [0.2, 0.25) is 0 Å². The first-order valence-electron chi connectivity index (χ1n) is 4.13. The molecule has 0 radical (unpaired) electrons. The Morgan fingerprint density at radius 1 is 1.53 bits per heavy atom. The molecule has 1 aromatic rings. The Bertz CT molecular complexity index is 440. The molecule has 0 amide bonds. The van der Waals surface area contributed by atoms with Gasteiger partial charge in [0, 0.05) is 18.2 Å². The molecule has 0 atom stereocenters. The zero-order valence-electron chi connectivity index (χ0n) is 7.94. The number of carbonyl (C=O) groups is 1. The lowest BCUT2D eigenvalue weighted by molar-refractivity contribution is -0.384. The molecule has 1 aromatic carbocycles. The van der Waals surface area contributed by atoms with Crippen LogP contribution in [0.3, 0.4) is 0 Å². The van der Waals surface area contributed by atoms with Crippen molar-refractivity contribution in [2.24, 2.45) is 0 Å². The number of non-ortho nitro benzene ring substituents is 1. The molecule has 0 saturated carbocycles.